The van der Waals surface area contributed by atoms with Crippen LogP contribution in [0.1, 0.15) is 52.7 Å². The maximum absolute atomic E-state index is 2.41. The average Bonchev–Trinajstić information content (AvgIpc) is 3.56. The number of aromatic nitrogens is 2. The Hall–Kier alpha value is -5.08. The predicted octanol–water partition coefficient (Wildman–Crippen LogP) is 12.1. The highest BCUT2D eigenvalue weighted by Gasteiger charge is 2.21. The molecule has 0 fully saturated rings. The fourth-order valence-electron chi connectivity index (χ4n) is 7.05. The molecule has 2 nitrogen and oxygen atoms in total. The topological polar surface area (TPSA) is 9.86 Å². The fraction of sp³-hybridized carbons (Fsp3) is 0.182. The first-order valence-corrected chi connectivity index (χ1v) is 16.4. The van der Waals surface area contributed by atoms with Crippen LogP contribution in [-0.2, 0) is 10.8 Å². The zero-order valence-corrected chi connectivity index (χ0v) is 27.6. The van der Waals surface area contributed by atoms with Crippen molar-refractivity contribution in [3.05, 3.63) is 145 Å². The number of nitrogens with zero attached hydrogens (tertiary/aromatic N) is 2. The van der Waals surface area contributed by atoms with Gasteiger partial charge in [-0.25, -0.2) is 0 Å². The van der Waals surface area contributed by atoms with E-state index in [-0.39, 0.29) is 10.8 Å². The van der Waals surface area contributed by atoms with Crippen molar-refractivity contribution in [3.8, 4) is 22.5 Å². The number of para-hydroxylation sites is 2. The molecule has 0 aliphatic heterocycles. The Morgan fingerprint density at radius 1 is 0.348 bits per heavy atom. The summed E-state index contributed by atoms with van der Waals surface area (Å²) in [6.45, 7) is 13.8. The standard InChI is InChI=1S/C44H40N2/c1-43(2,3)31-19-23-41-37(27-31)35-25-29(17-21-39(35)45(41)33-13-9-7-10-14-33)30-18-22-40-36(26-30)38-28-32(44(4,5)6)20-24-42(38)46(40)34-15-11-8-12-16-34/h7-28H,1-6H3. The predicted molar refractivity (Wildman–Crippen MR) is 198 cm³/mol. The van der Waals surface area contributed by atoms with Gasteiger partial charge in [0.2, 0.25) is 0 Å². The molecule has 8 aromatic rings. The Morgan fingerprint density at radius 3 is 1.02 bits per heavy atom. The van der Waals surface area contributed by atoms with Gasteiger partial charge in [0.15, 0.2) is 0 Å². The molecule has 2 heterocycles. The molecule has 0 unspecified atom stereocenters. The van der Waals surface area contributed by atoms with Crippen LogP contribution >= 0.6 is 0 Å². The number of hydrogen-bond donors (Lipinski definition) is 0. The van der Waals surface area contributed by atoms with Gasteiger partial charge in [-0.2, -0.15) is 0 Å². The van der Waals surface area contributed by atoms with Crippen molar-refractivity contribution in [1.29, 1.82) is 0 Å². The molecular weight excluding hydrogens is 556 g/mol. The van der Waals surface area contributed by atoms with Crippen LogP contribution in [0.4, 0.5) is 0 Å². The number of fused-ring (bicyclic) bond motifs is 6. The Labute approximate surface area is 271 Å². The highest BCUT2D eigenvalue weighted by atomic mass is 15.0. The summed E-state index contributed by atoms with van der Waals surface area (Å²) < 4.78 is 4.82. The van der Waals surface area contributed by atoms with Crippen molar-refractivity contribution in [3.63, 3.8) is 0 Å². The molecule has 6 aromatic carbocycles. The zero-order chi connectivity index (χ0) is 31.8. The first-order chi connectivity index (χ1) is 22.1. The minimum Gasteiger partial charge on any atom is -0.309 e. The normalized spacial score (nSPS) is 12.6. The second-order valence-electron chi connectivity index (χ2n) is 14.8. The molecular formula is C44H40N2. The molecule has 2 aromatic heterocycles. The summed E-state index contributed by atoms with van der Waals surface area (Å²) in [4.78, 5) is 0. The van der Waals surface area contributed by atoms with Gasteiger partial charge in [0.25, 0.3) is 0 Å². The molecule has 2 heteroatoms. The average molecular weight is 597 g/mol. The maximum atomic E-state index is 2.41. The molecule has 0 saturated carbocycles. The van der Waals surface area contributed by atoms with Crippen molar-refractivity contribution in [1.82, 2.24) is 9.13 Å². The largest absolute Gasteiger partial charge is 0.309 e. The molecule has 46 heavy (non-hydrogen) atoms. The molecule has 0 radical (unpaired) electrons. The molecule has 0 atom stereocenters. The molecule has 0 aliphatic rings. The van der Waals surface area contributed by atoms with Crippen molar-refractivity contribution < 1.29 is 0 Å². The van der Waals surface area contributed by atoms with E-state index in [4.69, 9.17) is 0 Å². The molecule has 0 saturated heterocycles. The summed E-state index contributed by atoms with van der Waals surface area (Å²) in [5, 5.41) is 5.16. The van der Waals surface area contributed by atoms with E-state index in [2.05, 4.69) is 184 Å². The van der Waals surface area contributed by atoms with Crippen LogP contribution in [0.25, 0.3) is 66.1 Å². The highest BCUT2D eigenvalue weighted by molar-refractivity contribution is 6.13. The zero-order valence-electron chi connectivity index (χ0n) is 27.6. The lowest BCUT2D eigenvalue weighted by Gasteiger charge is -2.19. The quantitative estimate of drug-likeness (QED) is 0.192. The van der Waals surface area contributed by atoms with E-state index >= 15 is 0 Å². The molecule has 0 amide bonds. The lowest BCUT2D eigenvalue weighted by Crippen LogP contribution is -2.10. The van der Waals surface area contributed by atoms with Crippen molar-refractivity contribution in [2.24, 2.45) is 0 Å². The van der Waals surface area contributed by atoms with Crippen LogP contribution in [0.15, 0.2) is 133 Å². The van der Waals surface area contributed by atoms with Gasteiger partial charge in [-0.1, -0.05) is 102 Å². The SMILES string of the molecule is CC(C)(C)c1ccc2c(c1)c1cc(-c3ccc4c(c3)c3cc(C(C)(C)C)ccc3n4-c3ccccc3)ccc1n2-c1ccccc1. The van der Waals surface area contributed by atoms with E-state index in [9.17, 15) is 0 Å². The molecule has 8 rings (SSSR count). The summed E-state index contributed by atoms with van der Waals surface area (Å²) in [5.74, 6) is 0. The second-order valence-corrected chi connectivity index (χ2v) is 14.8. The Balaban J connectivity index is 1.38. The van der Waals surface area contributed by atoms with Crippen LogP contribution in [0.3, 0.4) is 0 Å². The van der Waals surface area contributed by atoms with Gasteiger partial charge in [0.1, 0.15) is 0 Å². The smallest absolute Gasteiger partial charge is 0.0541 e. The maximum Gasteiger partial charge on any atom is 0.0541 e. The van der Waals surface area contributed by atoms with E-state index in [1.54, 1.807) is 0 Å². The van der Waals surface area contributed by atoms with Gasteiger partial charge < -0.3 is 9.13 Å². The highest BCUT2D eigenvalue weighted by Crippen LogP contribution is 2.40. The van der Waals surface area contributed by atoms with Crippen LogP contribution in [0, 0.1) is 0 Å². The van der Waals surface area contributed by atoms with E-state index in [0.717, 1.165) is 0 Å². The van der Waals surface area contributed by atoms with Crippen LogP contribution in [0.2, 0.25) is 0 Å². The van der Waals surface area contributed by atoms with Gasteiger partial charge in [-0.05, 0) is 106 Å². The fourth-order valence-corrected chi connectivity index (χ4v) is 7.05. The van der Waals surface area contributed by atoms with Gasteiger partial charge in [-0.3, -0.25) is 0 Å². The lowest BCUT2D eigenvalue weighted by atomic mass is 9.86. The third-order valence-electron chi connectivity index (χ3n) is 9.62. The second kappa shape index (κ2) is 10.2. The third-order valence-corrected chi connectivity index (χ3v) is 9.62. The molecule has 0 N–H and O–H groups in total. The number of rotatable bonds is 3. The summed E-state index contributed by atoms with van der Waals surface area (Å²) in [5.41, 5.74) is 12.6. The molecule has 0 spiro atoms. The summed E-state index contributed by atoms with van der Waals surface area (Å²) in [6.07, 6.45) is 0. The minimum absolute atomic E-state index is 0.0664. The Morgan fingerprint density at radius 2 is 0.674 bits per heavy atom. The summed E-state index contributed by atoms with van der Waals surface area (Å²) in [7, 11) is 0. The van der Waals surface area contributed by atoms with E-state index in [1.165, 1.54) is 77.2 Å². The third kappa shape index (κ3) is 4.55. The first kappa shape index (κ1) is 28.4. The minimum atomic E-state index is 0.0664. The Bertz CT molecular complexity index is 2230. The summed E-state index contributed by atoms with van der Waals surface area (Å²) >= 11 is 0. The van der Waals surface area contributed by atoms with Crippen LogP contribution in [-0.4, -0.2) is 9.13 Å². The number of hydrogen-bond acceptors (Lipinski definition) is 0. The van der Waals surface area contributed by atoms with E-state index in [1.807, 2.05) is 0 Å². The van der Waals surface area contributed by atoms with Gasteiger partial charge >= 0.3 is 0 Å². The molecule has 0 aliphatic carbocycles. The van der Waals surface area contributed by atoms with Gasteiger partial charge in [-0.15, -0.1) is 0 Å². The molecule has 0 bridgehead atoms. The van der Waals surface area contributed by atoms with Crippen molar-refractivity contribution in [2.75, 3.05) is 0 Å². The number of benzene rings is 6. The van der Waals surface area contributed by atoms with Crippen molar-refractivity contribution in [2.45, 2.75) is 52.4 Å². The van der Waals surface area contributed by atoms with E-state index < -0.39 is 0 Å². The van der Waals surface area contributed by atoms with Gasteiger partial charge in [0.05, 0.1) is 22.1 Å². The van der Waals surface area contributed by atoms with Crippen LogP contribution in [0.5, 0.6) is 0 Å². The van der Waals surface area contributed by atoms with Crippen LogP contribution < -0.4 is 0 Å². The monoisotopic (exact) mass is 596 g/mol. The van der Waals surface area contributed by atoms with Gasteiger partial charge in [0, 0.05) is 32.9 Å². The molecule has 226 valence electrons. The lowest BCUT2D eigenvalue weighted by molar-refractivity contribution is 0.591. The first-order valence-electron chi connectivity index (χ1n) is 16.4. The van der Waals surface area contributed by atoms with Crippen molar-refractivity contribution >= 4 is 43.6 Å². The Kier molecular flexibility index (Phi) is 6.31. The summed E-state index contributed by atoms with van der Waals surface area (Å²) in [6, 6.07) is 49.5. The van der Waals surface area contributed by atoms with E-state index in [0.29, 0.717) is 0 Å².